The molecule has 3 heterocycles. The zero-order valence-corrected chi connectivity index (χ0v) is 15.8. The number of rotatable bonds is 4. The van der Waals surface area contributed by atoms with Gasteiger partial charge >= 0.3 is 0 Å². The quantitative estimate of drug-likeness (QED) is 0.807. The van der Waals surface area contributed by atoms with Crippen LogP contribution in [0.25, 0.3) is 0 Å². The van der Waals surface area contributed by atoms with Crippen LogP contribution in [-0.2, 0) is 4.74 Å². The molecular formula is C20H22ClN3O3. The van der Waals surface area contributed by atoms with Crippen molar-refractivity contribution in [3.63, 3.8) is 0 Å². The topological polar surface area (TPSA) is 54.9 Å². The van der Waals surface area contributed by atoms with Crippen LogP contribution in [-0.4, -0.2) is 61.3 Å². The maximum absolute atomic E-state index is 12.9. The highest BCUT2D eigenvalue weighted by Gasteiger charge is 2.24. The van der Waals surface area contributed by atoms with Gasteiger partial charge in [-0.05, 0) is 24.3 Å². The summed E-state index contributed by atoms with van der Waals surface area (Å²) in [6.07, 6.45) is 2.50. The minimum atomic E-state index is 0.00988. The second kappa shape index (κ2) is 8.15. The number of hydrogen-bond donors (Lipinski definition) is 0. The van der Waals surface area contributed by atoms with Crippen molar-refractivity contribution in [1.29, 1.82) is 0 Å². The van der Waals surface area contributed by atoms with Crippen LogP contribution in [0.15, 0.2) is 42.6 Å². The minimum Gasteiger partial charge on any atom is -0.472 e. The second-order valence-corrected chi connectivity index (χ2v) is 7.18. The summed E-state index contributed by atoms with van der Waals surface area (Å²) in [6, 6.07) is 11.3. The normalized spacial score (nSPS) is 20.0. The number of carbonyl (C=O) groups is 1. The molecule has 0 bridgehead atoms. The van der Waals surface area contributed by atoms with Crippen molar-refractivity contribution in [2.75, 3.05) is 44.3 Å². The number of carbonyl (C=O) groups excluding carboxylic acids is 1. The molecule has 142 valence electrons. The largest absolute Gasteiger partial charge is 0.472 e. The molecule has 2 saturated heterocycles. The van der Waals surface area contributed by atoms with Gasteiger partial charge in [-0.3, -0.25) is 4.79 Å². The third kappa shape index (κ3) is 4.34. The molecule has 0 N–H and O–H groups in total. The van der Waals surface area contributed by atoms with E-state index in [1.165, 1.54) is 0 Å². The zero-order chi connectivity index (χ0) is 18.6. The molecule has 2 aliphatic heterocycles. The van der Waals surface area contributed by atoms with Gasteiger partial charge in [0.25, 0.3) is 5.91 Å². The Hall–Kier alpha value is -2.31. The third-order valence-electron chi connectivity index (χ3n) is 4.90. The van der Waals surface area contributed by atoms with Crippen molar-refractivity contribution < 1.29 is 14.3 Å². The maximum atomic E-state index is 12.9. The van der Waals surface area contributed by atoms with Crippen LogP contribution in [0, 0.1) is 0 Å². The van der Waals surface area contributed by atoms with E-state index in [1.54, 1.807) is 18.3 Å². The Kier molecular flexibility index (Phi) is 5.45. The summed E-state index contributed by atoms with van der Waals surface area (Å²) in [7, 11) is 0. The highest BCUT2D eigenvalue weighted by Crippen LogP contribution is 2.22. The Balaban J connectivity index is 1.37. The summed E-state index contributed by atoms with van der Waals surface area (Å²) in [6.45, 7) is 4.17. The van der Waals surface area contributed by atoms with Gasteiger partial charge in [0.15, 0.2) is 0 Å². The molecule has 0 saturated carbocycles. The SMILES string of the molecule is O=C(c1ccnc(O[C@@H]2CCOC2)c1)N1CCN(c2cccc(Cl)c2)CC1. The average molecular weight is 388 g/mol. The van der Waals surface area contributed by atoms with Gasteiger partial charge in [-0.1, -0.05) is 17.7 Å². The fourth-order valence-electron chi connectivity index (χ4n) is 3.41. The third-order valence-corrected chi connectivity index (χ3v) is 5.13. The fourth-order valence-corrected chi connectivity index (χ4v) is 3.59. The van der Waals surface area contributed by atoms with E-state index in [9.17, 15) is 4.79 Å². The maximum Gasteiger partial charge on any atom is 0.254 e. The van der Waals surface area contributed by atoms with Crippen LogP contribution in [0.2, 0.25) is 5.02 Å². The van der Waals surface area contributed by atoms with Gasteiger partial charge in [0.05, 0.1) is 13.2 Å². The summed E-state index contributed by atoms with van der Waals surface area (Å²) in [5.74, 6) is 0.490. The van der Waals surface area contributed by atoms with Crippen LogP contribution in [0.1, 0.15) is 16.8 Å². The van der Waals surface area contributed by atoms with Crippen LogP contribution in [0.4, 0.5) is 5.69 Å². The van der Waals surface area contributed by atoms with Crippen molar-refractivity contribution >= 4 is 23.2 Å². The van der Waals surface area contributed by atoms with E-state index in [-0.39, 0.29) is 12.0 Å². The number of ether oxygens (including phenoxy) is 2. The second-order valence-electron chi connectivity index (χ2n) is 6.75. The van der Waals surface area contributed by atoms with Crippen molar-refractivity contribution in [2.24, 2.45) is 0 Å². The molecule has 0 unspecified atom stereocenters. The van der Waals surface area contributed by atoms with E-state index in [4.69, 9.17) is 21.1 Å². The monoisotopic (exact) mass is 387 g/mol. The lowest BCUT2D eigenvalue weighted by atomic mass is 10.2. The Bertz CT molecular complexity index is 803. The minimum absolute atomic E-state index is 0.00988. The van der Waals surface area contributed by atoms with Crippen molar-refractivity contribution in [3.05, 3.63) is 53.2 Å². The van der Waals surface area contributed by atoms with Gasteiger partial charge in [0, 0.05) is 61.1 Å². The first kappa shape index (κ1) is 18.1. The average Bonchev–Trinajstić information content (AvgIpc) is 3.21. The lowest BCUT2D eigenvalue weighted by molar-refractivity contribution is 0.0745. The fraction of sp³-hybridized carbons (Fsp3) is 0.400. The van der Waals surface area contributed by atoms with Crippen molar-refractivity contribution in [1.82, 2.24) is 9.88 Å². The molecule has 1 aromatic heterocycles. The zero-order valence-electron chi connectivity index (χ0n) is 15.0. The lowest BCUT2D eigenvalue weighted by Gasteiger charge is -2.36. The van der Waals surface area contributed by atoms with E-state index < -0.39 is 0 Å². The van der Waals surface area contributed by atoms with Crippen LogP contribution in [0.3, 0.4) is 0 Å². The van der Waals surface area contributed by atoms with E-state index >= 15 is 0 Å². The number of nitrogens with zero attached hydrogens (tertiary/aromatic N) is 3. The number of halogens is 1. The first-order chi connectivity index (χ1) is 13.2. The number of aromatic nitrogens is 1. The first-order valence-corrected chi connectivity index (χ1v) is 9.57. The highest BCUT2D eigenvalue weighted by atomic mass is 35.5. The van der Waals surface area contributed by atoms with E-state index in [2.05, 4.69) is 9.88 Å². The molecule has 0 radical (unpaired) electrons. The Morgan fingerprint density at radius 1 is 1.19 bits per heavy atom. The number of piperazine rings is 1. The molecule has 2 aromatic rings. The summed E-state index contributed by atoms with van der Waals surface area (Å²) >= 11 is 6.08. The van der Waals surface area contributed by atoms with Gasteiger partial charge in [-0.15, -0.1) is 0 Å². The standard InChI is InChI=1S/C20H22ClN3O3/c21-16-2-1-3-17(13-16)23-7-9-24(10-8-23)20(25)15-4-6-22-19(12-15)27-18-5-11-26-14-18/h1-4,6,12-13,18H,5,7-11,14H2/t18-/m1/s1. The van der Waals surface area contributed by atoms with E-state index in [1.807, 2.05) is 29.2 Å². The predicted molar refractivity (Wildman–Crippen MR) is 104 cm³/mol. The van der Waals surface area contributed by atoms with Gasteiger partial charge in [-0.2, -0.15) is 0 Å². The Morgan fingerprint density at radius 2 is 2.04 bits per heavy atom. The number of anilines is 1. The summed E-state index contributed by atoms with van der Waals surface area (Å²) < 4.78 is 11.1. The number of hydrogen-bond acceptors (Lipinski definition) is 5. The van der Waals surface area contributed by atoms with Crippen LogP contribution >= 0.6 is 11.6 Å². The number of benzene rings is 1. The number of pyridine rings is 1. The van der Waals surface area contributed by atoms with Crippen LogP contribution < -0.4 is 9.64 Å². The molecular weight excluding hydrogens is 366 g/mol. The molecule has 2 aliphatic rings. The Morgan fingerprint density at radius 3 is 2.78 bits per heavy atom. The summed E-state index contributed by atoms with van der Waals surface area (Å²) in [5, 5.41) is 0.725. The highest BCUT2D eigenvalue weighted by molar-refractivity contribution is 6.30. The van der Waals surface area contributed by atoms with Gasteiger partial charge in [0.2, 0.25) is 5.88 Å². The molecule has 0 spiro atoms. The Labute approximate surface area is 163 Å². The first-order valence-electron chi connectivity index (χ1n) is 9.19. The van der Waals surface area contributed by atoms with E-state index in [0.29, 0.717) is 37.7 Å². The smallest absolute Gasteiger partial charge is 0.254 e. The molecule has 1 aromatic carbocycles. The molecule has 1 amide bonds. The molecule has 1 atom stereocenters. The van der Waals surface area contributed by atoms with Gasteiger partial charge < -0.3 is 19.3 Å². The predicted octanol–water partition coefficient (Wildman–Crippen LogP) is 2.87. The van der Waals surface area contributed by atoms with Gasteiger partial charge in [-0.25, -0.2) is 4.98 Å². The summed E-state index contributed by atoms with van der Waals surface area (Å²) in [5.41, 5.74) is 1.70. The summed E-state index contributed by atoms with van der Waals surface area (Å²) in [4.78, 5) is 21.2. The molecule has 0 aliphatic carbocycles. The van der Waals surface area contributed by atoms with Crippen LogP contribution in [0.5, 0.6) is 5.88 Å². The van der Waals surface area contributed by atoms with Gasteiger partial charge in [0.1, 0.15) is 6.10 Å². The molecule has 6 nitrogen and oxygen atoms in total. The van der Waals surface area contributed by atoms with Crippen molar-refractivity contribution in [2.45, 2.75) is 12.5 Å². The lowest BCUT2D eigenvalue weighted by Crippen LogP contribution is -2.48. The molecule has 4 rings (SSSR count). The molecule has 2 fully saturated rings. The number of amides is 1. The molecule has 27 heavy (non-hydrogen) atoms. The van der Waals surface area contributed by atoms with E-state index in [0.717, 1.165) is 30.2 Å². The molecule has 7 heteroatoms. The van der Waals surface area contributed by atoms with Crippen molar-refractivity contribution in [3.8, 4) is 5.88 Å².